The minimum absolute atomic E-state index is 0.344. The maximum Gasteiger partial charge on any atom is 0.264 e. The zero-order valence-corrected chi connectivity index (χ0v) is 29.4. The number of hydrogen-bond donors (Lipinski definition) is 4. The highest BCUT2D eigenvalue weighted by molar-refractivity contribution is 9.10. The van der Waals surface area contributed by atoms with Crippen molar-refractivity contribution in [3.05, 3.63) is 59.7 Å². The summed E-state index contributed by atoms with van der Waals surface area (Å²) in [4.78, 5) is 58.7. The zero-order chi connectivity index (χ0) is 32.8. The first-order chi connectivity index (χ1) is 22.3. The third-order valence-corrected chi connectivity index (χ3v) is 21.0. The molecule has 0 aliphatic carbocycles. The number of likely N-dealkylation sites (N-methyl/N-ethyl adjacent to an activating group) is 2. The molecule has 2 aromatic carbocycles. The fourth-order valence-electron chi connectivity index (χ4n) is 9.79. The molecule has 4 bridgehead atoms. The zero-order valence-electron chi connectivity index (χ0n) is 25.3. The van der Waals surface area contributed by atoms with Gasteiger partial charge in [-0.15, -0.1) is 0 Å². The van der Waals surface area contributed by atoms with Crippen LogP contribution in [0.15, 0.2) is 48.5 Å². The van der Waals surface area contributed by atoms with Crippen molar-refractivity contribution in [3.63, 3.8) is 0 Å². The number of hydrogen-bond acceptors (Lipinski definition) is 13. The quantitative estimate of drug-likeness (QED) is 0.318. The summed E-state index contributed by atoms with van der Waals surface area (Å²) < 4.78 is 0. The van der Waals surface area contributed by atoms with Crippen molar-refractivity contribution in [3.8, 4) is 0 Å². The fraction of sp³-hybridized carbons (Fsp3) is 0.467. The maximum atomic E-state index is 14.9. The van der Waals surface area contributed by atoms with Crippen molar-refractivity contribution in [2.24, 2.45) is 0 Å². The number of carbonyl (C=O) groups excluding carboxylic acids is 4. The molecule has 12 rings (SSSR count). The van der Waals surface area contributed by atoms with Gasteiger partial charge in [-0.2, -0.15) is 0 Å². The predicted molar refractivity (Wildman–Crippen MR) is 183 cm³/mol. The van der Waals surface area contributed by atoms with Crippen molar-refractivity contribution in [2.75, 3.05) is 24.7 Å². The number of aliphatic hydroxyl groups excluding tert-OH is 2. The van der Waals surface area contributed by atoms with E-state index in [9.17, 15) is 29.4 Å². The highest BCUT2D eigenvalue weighted by Crippen LogP contribution is 2.78. The van der Waals surface area contributed by atoms with E-state index in [4.69, 9.17) is 0 Å². The molecule has 17 heteroatoms. The first-order valence-corrected chi connectivity index (χ1v) is 20.7. The smallest absolute Gasteiger partial charge is 0.264 e. The molecule has 12 nitrogen and oxygen atoms in total. The summed E-state index contributed by atoms with van der Waals surface area (Å²) in [5.41, 5.74) is -0.815. The van der Waals surface area contributed by atoms with Crippen LogP contribution >= 0.6 is 53.0 Å². The largest absolute Gasteiger partial charge is 0.388 e. The van der Waals surface area contributed by atoms with Crippen molar-refractivity contribution in [2.45, 2.75) is 68.7 Å². The topological polar surface area (TPSA) is 146 Å². The molecule has 8 saturated heterocycles. The highest BCUT2D eigenvalue weighted by atomic mass is 33.5. The van der Waals surface area contributed by atoms with Gasteiger partial charge < -0.3 is 30.6 Å². The summed E-state index contributed by atoms with van der Waals surface area (Å²) in [6, 6.07) is 14.8. The third kappa shape index (κ3) is 2.56. The lowest BCUT2D eigenvalue weighted by Gasteiger charge is -2.58. The lowest BCUT2D eigenvalue weighted by Crippen LogP contribution is -2.77. The van der Waals surface area contributed by atoms with E-state index in [1.54, 1.807) is 27.9 Å². The van der Waals surface area contributed by atoms with Crippen LogP contribution in [0.3, 0.4) is 0 Å². The highest BCUT2D eigenvalue weighted by Gasteiger charge is 2.92. The molecule has 10 aliphatic rings. The molecule has 2 aromatic rings. The van der Waals surface area contributed by atoms with Crippen LogP contribution in [-0.4, -0.2) is 112 Å². The summed E-state index contributed by atoms with van der Waals surface area (Å²) in [6.45, 7) is 3.42. The second-order valence-corrected chi connectivity index (χ2v) is 20.8. The number of piperazine rings is 2. The molecule has 47 heavy (non-hydrogen) atoms. The summed E-state index contributed by atoms with van der Waals surface area (Å²) in [7, 11) is 9.28. The van der Waals surface area contributed by atoms with Crippen LogP contribution < -0.4 is 10.6 Å². The van der Waals surface area contributed by atoms with Crippen LogP contribution in [-0.2, 0) is 30.0 Å². The van der Waals surface area contributed by atoms with E-state index in [1.807, 2.05) is 48.5 Å². The van der Waals surface area contributed by atoms with E-state index >= 15 is 0 Å². The first kappa shape index (κ1) is 29.5. The van der Waals surface area contributed by atoms with E-state index in [2.05, 4.69) is 10.6 Å². The molecular weight excluding hydrogens is 701 g/mol. The third-order valence-electron chi connectivity index (χ3n) is 12.1. The van der Waals surface area contributed by atoms with Crippen LogP contribution in [0.2, 0.25) is 0 Å². The molecule has 4 N–H and O–H groups in total. The summed E-state index contributed by atoms with van der Waals surface area (Å²) in [6.07, 6.45) is -5.26. The van der Waals surface area contributed by atoms with Gasteiger partial charge in [-0.1, -0.05) is 47.2 Å². The molecule has 0 radical (unpaired) electrons. The lowest BCUT2D eigenvalue weighted by atomic mass is 9.52. The lowest BCUT2D eigenvalue weighted by molar-refractivity contribution is -0.166. The Hall–Kier alpha value is -2.41. The van der Waals surface area contributed by atoms with Crippen molar-refractivity contribution in [1.82, 2.24) is 19.6 Å². The summed E-state index contributed by atoms with van der Waals surface area (Å²) in [5, 5.41) is 33.8. The number of carbonyl (C=O) groups is 4. The molecule has 2 spiro atoms. The average molecular weight is 729 g/mol. The van der Waals surface area contributed by atoms with Gasteiger partial charge in [0.2, 0.25) is 9.74 Å². The van der Waals surface area contributed by atoms with Gasteiger partial charge in [-0.3, -0.25) is 29.0 Å². The number of fused-ring (bicyclic) bond motifs is 12. The molecule has 0 saturated carbocycles. The molecule has 0 aromatic heterocycles. The Bertz CT molecular complexity index is 1920. The van der Waals surface area contributed by atoms with Crippen LogP contribution in [0.5, 0.6) is 0 Å². The molecule has 10 heterocycles. The van der Waals surface area contributed by atoms with Gasteiger partial charge in [-0.25, -0.2) is 0 Å². The van der Waals surface area contributed by atoms with Crippen molar-refractivity contribution in [1.29, 1.82) is 0 Å². The molecule has 10 atom stereocenters. The van der Waals surface area contributed by atoms with E-state index < -0.39 is 66.7 Å². The van der Waals surface area contributed by atoms with Gasteiger partial charge >= 0.3 is 0 Å². The number of nitrogens with zero attached hydrogens (tertiary/aromatic N) is 4. The molecular formula is C30H28N6O6S5. The van der Waals surface area contributed by atoms with Crippen LogP contribution in [0.1, 0.15) is 25.0 Å². The monoisotopic (exact) mass is 728 g/mol. The van der Waals surface area contributed by atoms with E-state index in [0.29, 0.717) is 22.5 Å². The Kier molecular flexibility index (Phi) is 5.32. The van der Waals surface area contributed by atoms with E-state index in [0.717, 1.165) is 10.8 Å². The van der Waals surface area contributed by atoms with Crippen LogP contribution in [0.4, 0.5) is 11.4 Å². The van der Waals surface area contributed by atoms with Crippen molar-refractivity contribution < 1.29 is 29.4 Å². The molecule has 4 amide bonds. The Labute approximate surface area is 288 Å². The van der Waals surface area contributed by atoms with Gasteiger partial charge in [0.15, 0.2) is 9.74 Å². The number of rotatable bonds is 1. The Morgan fingerprint density at radius 3 is 1.53 bits per heavy atom. The van der Waals surface area contributed by atoms with E-state index in [-0.39, 0.29) is 11.8 Å². The fourth-order valence-corrected chi connectivity index (χ4v) is 19.2. The van der Waals surface area contributed by atoms with Gasteiger partial charge in [-0.05, 0) is 79.3 Å². The standard InChI is InChI=1S/C30H28N6O6S5/c1-25-21(39)35-19-27(13-9-5-7-11-15(13)31-19,17(37)29(35,45-43-25)23(41)33(25)3)28-14-10-6-8-12-16(14)32-20(28)36-22(40)26(2)34(4)24(42)30(36,18(28)38)46-47-44-26/h5-12,17-20,31-32,37-38H,1-4H3/t17-,18-,19+,20+,25+,26+,27?,28+,29-,30-/m0/s1. The molecule has 10 aliphatic heterocycles. The minimum atomic E-state index is -1.79. The number of benzene rings is 2. The summed E-state index contributed by atoms with van der Waals surface area (Å²) in [5.74, 6) is -1.54. The molecule has 1 unspecified atom stereocenters. The second-order valence-electron chi connectivity index (χ2n) is 13.6. The number of nitrogens with one attached hydrogen (secondary N) is 2. The maximum absolute atomic E-state index is 14.9. The minimum Gasteiger partial charge on any atom is -0.388 e. The first-order valence-electron chi connectivity index (χ1n) is 15.1. The number of para-hydroxylation sites is 2. The Morgan fingerprint density at radius 1 is 0.617 bits per heavy atom. The molecule has 244 valence electrons. The van der Waals surface area contributed by atoms with Gasteiger partial charge in [0.1, 0.15) is 24.5 Å². The van der Waals surface area contributed by atoms with Crippen molar-refractivity contribution >= 4 is 88.0 Å². The van der Waals surface area contributed by atoms with Gasteiger partial charge in [0, 0.05) is 25.5 Å². The SMILES string of the molecule is CN1C(=O)[C@]23SS[C@]1(C)C(=O)N2[C@H]1Nc2ccccc2C1([C@@]12c4ccccc4N[C@@H]1N1C(=O)[C@@]4(C)SSS[C@]1(C(=O)N4C)[C@H]2O)[C@@H]3O. The Balaban J connectivity index is 1.35. The number of aliphatic hydroxyl groups is 2. The predicted octanol–water partition coefficient (Wildman–Crippen LogP) is 1.98. The number of amides is 4. The van der Waals surface area contributed by atoms with Gasteiger partial charge in [0.05, 0.1) is 10.8 Å². The van der Waals surface area contributed by atoms with E-state index in [1.165, 1.54) is 61.8 Å². The molecule has 8 fully saturated rings. The van der Waals surface area contributed by atoms with Crippen LogP contribution in [0, 0.1) is 0 Å². The number of anilines is 2. The Morgan fingerprint density at radius 2 is 1.04 bits per heavy atom. The van der Waals surface area contributed by atoms with Gasteiger partial charge in [0.25, 0.3) is 23.6 Å². The second kappa shape index (κ2) is 8.47. The summed E-state index contributed by atoms with van der Waals surface area (Å²) >= 11 is 0. The normalized spacial score (nSPS) is 46.5. The average Bonchev–Trinajstić information content (AvgIpc) is 3.67. The van der Waals surface area contributed by atoms with Crippen LogP contribution in [0.25, 0.3) is 0 Å².